The van der Waals surface area contributed by atoms with Gasteiger partial charge in [-0.25, -0.2) is 0 Å². The largest absolute Gasteiger partial charge is 0.378 e. The highest BCUT2D eigenvalue weighted by Crippen LogP contribution is 2.53. The standard InChI is InChI=1S/C12H23NO/c1-10(2)14-9-12(6-7-12)11-5-4-8-13(11)3/h10-11H,4-9H2,1-3H3. The van der Waals surface area contributed by atoms with Crippen LogP contribution >= 0.6 is 0 Å². The Bertz CT molecular complexity index is 198. The van der Waals surface area contributed by atoms with Crippen molar-refractivity contribution in [3.05, 3.63) is 0 Å². The zero-order chi connectivity index (χ0) is 10.2. The number of ether oxygens (including phenoxy) is 1. The lowest BCUT2D eigenvalue weighted by atomic mass is 9.95. The van der Waals surface area contributed by atoms with Crippen LogP contribution in [0.1, 0.15) is 39.5 Å². The molecule has 1 saturated heterocycles. The maximum absolute atomic E-state index is 5.80. The molecular formula is C12H23NO. The van der Waals surface area contributed by atoms with E-state index in [-0.39, 0.29) is 0 Å². The lowest BCUT2D eigenvalue weighted by Gasteiger charge is -2.29. The van der Waals surface area contributed by atoms with E-state index in [1.807, 2.05) is 0 Å². The van der Waals surface area contributed by atoms with Crippen LogP contribution in [0.5, 0.6) is 0 Å². The van der Waals surface area contributed by atoms with Crippen molar-refractivity contribution in [2.45, 2.75) is 51.7 Å². The van der Waals surface area contributed by atoms with Crippen molar-refractivity contribution in [2.75, 3.05) is 20.2 Å². The highest BCUT2D eigenvalue weighted by Gasteiger charge is 2.52. The second-order valence-corrected chi connectivity index (χ2v) is 5.36. The summed E-state index contributed by atoms with van der Waals surface area (Å²) >= 11 is 0. The van der Waals surface area contributed by atoms with Crippen LogP contribution in [-0.4, -0.2) is 37.2 Å². The van der Waals surface area contributed by atoms with Gasteiger partial charge in [-0.2, -0.15) is 0 Å². The van der Waals surface area contributed by atoms with Crippen molar-refractivity contribution in [1.82, 2.24) is 4.90 Å². The van der Waals surface area contributed by atoms with Crippen molar-refractivity contribution in [2.24, 2.45) is 5.41 Å². The summed E-state index contributed by atoms with van der Waals surface area (Å²) in [5.74, 6) is 0. The van der Waals surface area contributed by atoms with E-state index in [1.54, 1.807) is 0 Å². The summed E-state index contributed by atoms with van der Waals surface area (Å²) in [4.78, 5) is 2.54. The Hall–Kier alpha value is -0.0800. The molecular weight excluding hydrogens is 174 g/mol. The Balaban J connectivity index is 1.88. The van der Waals surface area contributed by atoms with Gasteiger partial charge in [0.15, 0.2) is 0 Å². The monoisotopic (exact) mass is 197 g/mol. The van der Waals surface area contributed by atoms with Crippen LogP contribution in [0.2, 0.25) is 0 Å². The van der Waals surface area contributed by atoms with Gasteiger partial charge >= 0.3 is 0 Å². The average molecular weight is 197 g/mol. The molecule has 2 rings (SSSR count). The number of hydrogen-bond acceptors (Lipinski definition) is 2. The van der Waals surface area contributed by atoms with Gasteiger partial charge in [0, 0.05) is 11.5 Å². The smallest absolute Gasteiger partial charge is 0.0540 e. The van der Waals surface area contributed by atoms with Crippen LogP contribution in [-0.2, 0) is 4.74 Å². The van der Waals surface area contributed by atoms with Gasteiger partial charge in [-0.05, 0) is 53.1 Å². The normalized spacial score (nSPS) is 31.3. The minimum atomic E-state index is 0.388. The summed E-state index contributed by atoms with van der Waals surface area (Å²) in [7, 11) is 2.27. The zero-order valence-corrected chi connectivity index (χ0v) is 9.75. The topological polar surface area (TPSA) is 12.5 Å². The second-order valence-electron chi connectivity index (χ2n) is 5.36. The Kier molecular flexibility index (Phi) is 2.85. The fourth-order valence-corrected chi connectivity index (χ4v) is 2.75. The summed E-state index contributed by atoms with van der Waals surface area (Å²) in [6, 6.07) is 0.807. The second kappa shape index (κ2) is 3.82. The third-order valence-corrected chi connectivity index (χ3v) is 3.82. The molecule has 14 heavy (non-hydrogen) atoms. The summed E-state index contributed by atoms with van der Waals surface area (Å²) in [6.07, 6.45) is 5.92. The average Bonchev–Trinajstić information content (AvgIpc) is 2.80. The van der Waals surface area contributed by atoms with E-state index >= 15 is 0 Å². The van der Waals surface area contributed by atoms with Crippen molar-refractivity contribution >= 4 is 0 Å². The van der Waals surface area contributed by atoms with Gasteiger partial charge in [-0.3, -0.25) is 0 Å². The third kappa shape index (κ3) is 1.96. The molecule has 2 aliphatic rings. The van der Waals surface area contributed by atoms with Crippen molar-refractivity contribution in [3.8, 4) is 0 Å². The fourth-order valence-electron chi connectivity index (χ4n) is 2.75. The van der Waals surface area contributed by atoms with E-state index in [9.17, 15) is 0 Å². The molecule has 0 bridgehead atoms. The molecule has 0 radical (unpaired) electrons. The van der Waals surface area contributed by atoms with Gasteiger partial charge in [-0.1, -0.05) is 0 Å². The van der Waals surface area contributed by atoms with Crippen LogP contribution in [0.25, 0.3) is 0 Å². The van der Waals surface area contributed by atoms with E-state index < -0.39 is 0 Å². The summed E-state index contributed by atoms with van der Waals surface area (Å²) < 4.78 is 5.80. The SMILES string of the molecule is CC(C)OCC1(C2CCCN2C)CC1. The number of rotatable bonds is 4. The number of nitrogens with zero attached hydrogens (tertiary/aromatic N) is 1. The molecule has 0 aromatic heterocycles. The predicted molar refractivity (Wildman–Crippen MR) is 58.4 cm³/mol. The minimum Gasteiger partial charge on any atom is -0.378 e. The summed E-state index contributed by atoms with van der Waals surface area (Å²) in [5, 5.41) is 0. The van der Waals surface area contributed by atoms with Crippen LogP contribution in [0, 0.1) is 5.41 Å². The van der Waals surface area contributed by atoms with Gasteiger partial charge in [0.05, 0.1) is 12.7 Å². The highest BCUT2D eigenvalue weighted by atomic mass is 16.5. The Morgan fingerprint density at radius 2 is 2.14 bits per heavy atom. The number of hydrogen-bond donors (Lipinski definition) is 0. The van der Waals surface area contributed by atoms with Crippen molar-refractivity contribution < 1.29 is 4.74 Å². The van der Waals surface area contributed by atoms with Gasteiger partial charge < -0.3 is 9.64 Å². The van der Waals surface area contributed by atoms with Gasteiger partial charge in [0.25, 0.3) is 0 Å². The third-order valence-electron chi connectivity index (χ3n) is 3.82. The lowest BCUT2D eigenvalue weighted by Crippen LogP contribution is -2.37. The molecule has 1 heterocycles. The van der Waals surface area contributed by atoms with Gasteiger partial charge in [0.2, 0.25) is 0 Å². The molecule has 1 atom stereocenters. The molecule has 1 unspecified atom stereocenters. The Labute approximate surface area is 87.6 Å². The van der Waals surface area contributed by atoms with E-state index in [0.29, 0.717) is 11.5 Å². The molecule has 1 aliphatic carbocycles. The Morgan fingerprint density at radius 3 is 2.57 bits per heavy atom. The molecule has 2 nitrogen and oxygen atoms in total. The van der Waals surface area contributed by atoms with Crippen molar-refractivity contribution in [1.29, 1.82) is 0 Å². The van der Waals surface area contributed by atoms with E-state index in [0.717, 1.165) is 12.6 Å². The highest BCUT2D eigenvalue weighted by molar-refractivity contribution is 5.04. The van der Waals surface area contributed by atoms with E-state index in [2.05, 4.69) is 25.8 Å². The number of likely N-dealkylation sites (tertiary alicyclic amines) is 1. The molecule has 1 saturated carbocycles. The maximum atomic E-state index is 5.80. The summed E-state index contributed by atoms with van der Waals surface area (Å²) in [5.41, 5.74) is 0.537. The molecule has 0 aromatic carbocycles. The van der Waals surface area contributed by atoms with Gasteiger partial charge in [0.1, 0.15) is 0 Å². The first kappa shape index (κ1) is 10.4. The van der Waals surface area contributed by atoms with Crippen molar-refractivity contribution in [3.63, 3.8) is 0 Å². The lowest BCUT2D eigenvalue weighted by molar-refractivity contribution is 0.0192. The first-order valence-electron chi connectivity index (χ1n) is 5.96. The Morgan fingerprint density at radius 1 is 1.43 bits per heavy atom. The first-order chi connectivity index (χ1) is 6.64. The zero-order valence-electron chi connectivity index (χ0n) is 9.75. The maximum Gasteiger partial charge on any atom is 0.0540 e. The molecule has 2 heteroatoms. The molecule has 0 aromatic rings. The first-order valence-corrected chi connectivity index (χ1v) is 5.96. The summed E-state index contributed by atoms with van der Waals surface area (Å²) in [6.45, 7) is 6.54. The molecule has 0 spiro atoms. The van der Waals surface area contributed by atoms with Crippen LogP contribution < -0.4 is 0 Å². The molecule has 82 valence electrons. The molecule has 1 aliphatic heterocycles. The molecule has 2 fully saturated rings. The van der Waals surface area contributed by atoms with E-state index in [1.165, 1.54) is 32.2 Å². The molecule has 0 amide bonds. The van der Waals surface area contributed by atoms with Crippen LogP contribution in [0.4, 0.5) is 0 Å². The van der Waals surface area contributed by atoms with Crippen LogP contribution in [0.3, 0.4) is 0 Å². The quantitative estimate of drug-likeness (QED) is 0.685. The van der Waals surface area contributed by atoms with Crippen LogP contribution in [0.15, 0.2) is 0 Å². The fraction of sp³-hybridized carbons (Fsp3) is 1.00. The van der Waals surface area contributed by atoms with Gasteiger partial charge in [-0.15, -0.1) is 0 Å². The molecule has 0 N–H and O–H groups in total. The predicted octanol–water partition coefficient (Wildman–Crippen LogP) is 2.29. The minimum absolute atomic E-state index is 0.388. The van der Waals surface area contributed by atoms with E-state index in [4.69, 9.17) is 4.74 Å².